The normalized spacial score (nSPS) is 13.2. The van der Waals surface area contributed by atoms with Gasteiger partial charge in [-0.2, -0.15) is 0 Å². The first kappa shape index (κ1) is 17.5. The smallest absolute Gasteiger partial charge is 0.138 e. The molecule has 0 unspecified atom stereocenters. The standard InChI is InChI=1S/C19H24ClNO2/c1-4-14(2)22-17-9-7-8-16(12-17)21-13-15(3)23-19-11-6-5-10-18(19)20/h5-12,14-15,21H,4,13H2,1-3H3/t14-,15-/m1/s1. The highest BCUT2D eigenvalue weighted by Gasteiger charge is 2.07. The van der Waals surface area contributed by atoms with Crippen molar-refractivity contribution in [2.24, 2.45) is 0 Å². The quantitative estimate of drug-likeness (QED) is 0.702. The zero-order valence-electron chi connectivity index (χ0n) is 13.9. The van der Waals surface area contributed by atoms with Crippen LogP contribution in [0.2, 0.25) is 5.02 Å². The Morgan fingerprint density at radius 3 is 2.52 bits per heavy atom. The third-order valence-corrected chi connectivity index (χ3v) is 3.82. The van der Waals surface area contributed by atoms with Gasteiger partial charge in [-0.25, -0.2) is 0 Å². The molecule has 0 bridgehead atoms. The summed E-state index contributed by atoms with van der Waals surface area (Å²) in [5.74, 6) is 1.58. The summed E-state index contributed by atoms with van der Waals surface area (Å²) in [5, 5.41) is 4.00. The molecule has 0 fully saturated rings. The van der Waals surface area contributed by atoms with Gasteiger partial charge in [-0.3, -0.25) is 0 Å². The van der Waals surface area contributed by atoms with Crippen LogP contribution in [-0.4, -0.2) is 18.8 Å². The van der Waals surface area contributed by atoms with Gasteiger partial charge in [0.25, 0.3) is 0 Å². The number of halogens is 1. The highest BCUT2D eigenvalue weighted by molar-refractivity contribution is 6.32. The van der Waals surface area contributed by atoms with E-state index in [0.717, 1.165) is 17.9 Å². The molecule has 3 nitrogen and oxygen atoms in total. The summed E-state index contributed by atoms with van der Waals surface area (Å²) in [4.78, 5) is 0. The molecule has 23 heavy (non-hydrogen) atoms. The minimum Gasteiger partial charge on any atom is -0.491 e. The van der Waals surface area contributed by atoms with Crippen LogP contribution in [0.4, 0.5) is 5.69 Å². The highest BCUT2D eigenvalue weighted by atomic mass is 35.5. The molecule has 4 heteroatoms. The van der Waals surface area contributed by atoms with Gasteiger partial charge in [0.2, 0.25) is 0 Å². The molecule has 124 valence electrons. The number of para-hydroxylation sites is 1. The average molecular weight is 334 g/mol. The van der Waals surface area contributed by atoms with Crippen molar-refractivity contribution in [1.82, 2.24) is 0 Å². The lowest BCUT2D eigenvalue weighted by Gasteiger charge is -2.18. The summed E-state index contributed by atoms with van der Waals surface area (Å²) in [6.45, 7) is 6.87. The van der Waals surface area contributed by atoms with Crippen LogP contribution in [0.1, 0.15) is 27.2 Å². The van der Waals surface area contributed by atoms with Crippen LogP contribution in [-0.2, 0) is 0 Å². The molecule has 0 radical (unpaired) electrons. The van der Waals surface area contributed by atoms with Gasteiger partial charge in [0, 0.05) is 11.8 Å². The number of hydrogen-bond acceptors (Lipinski definition) is 3. The van der Waals surface area contributed by atoms with E-state index in [9.17, 15) is 0 Å². The van der Waals surface area contributed by atoms with Crippen molar-refractivity contribution in [2.75, 3.05) is 11.9 Å². The van der Waals surface area contributed by atoms with Gasteiger partial charge in [0.1, 0.15) is 17.6 Å². The predicted octanol–water partition coefficient (Wildman–Crippen LogP) is 5.40. The van der Waals surface area contributed by atoms with E-state index in [1.165, 1.54) is 0 Å². The lowest BCUT2D eigenvalue weighted by molar-refractivity contribution is 0.217. The first-order valence-electron chi connectivity index (χ1n) is 8.00. The summed E-state index contributed by atoms with van der Waals surface area (Å²) < 4.78 is 11.7. The third kappa shape index (κ3) is 5.68. The second kappa shape index (κ2) is 8.68. The second-order valence-electron chi connectivity index (χ2n) is 5.60. The van der Waals surface area contributed by atoms with E-state index in [1.54, 1.807) is 0 Å². The maximum absolute atomic E-state index is 6.11. The molecule has 2 aromatic rings. The fourth-order valence-corrected chi connectivity index (χ4v) is 2.24. The number of anilines is 1. The molecular formula is C19H24ClNO2. The van der Waals surface area contributed by atoms with Crippen LogP contribution in [0.15, 0.2) is 48.5 Å². The summed E-state index contributed by atoms with van der Waals surface area (Å²) >= 11 is 6.11. The van der Waals surface area contributed by atoms with Crippen LogP contribution < -0.4 is 14.8 Å². The SMILES string of the molecule is CC[C@@H](C)Oc1cccc(NC[C@@H](C)Oc2ccccc2Cl)c1. The average Bonchev–Trinajstić information content (AvgIpc) is 2.55. The second-order valence-corrected chi connectivity index (χ2v) is 6.01. The van der Waals surface area contributed by atoms with Crippen molar-refractivity contribution in [3.63, 3.8) is 0 Å². The fourth-order valence-electron chi connectivity index (χ4n) is 2.06. The molecule has 0 amide bonds. The molecule has 2 atom stereocenters. The van der Waals surface area contributed by atoms with Gasteiger partial charge in [-0.15, -0.1) is 0 Å². The highest BCUT2D eigenvalue weighted by Crippen LogP contribution is 2.24. The van der Waals surface area contributed by atoms with Crippen molar-refractivity contribution < 1.29 is 9.47 Å². The van der Waals surface area contributed by atoms with E-state index in [-0.39, 0.29) is 12.2 Å². The van der Waals surface area contributed by atoms with Crippen LogP contribution in [0.25, 0.3) is 0 Å². The maximum Gasteiger partial charge on any atom is 0.138 e. The molecule has 0 aliphatic carbocycles. The monoisotopic (exact) mass is 333 g/mol. The number of benzene rings is 2. The molecule has 0 heterocycles. The summed E-state index contributed by atoms with van der Waals surface area (Å²) in [5.41, 5.74) is 1.01. The Labute approximate surface area is 143 Å². The largest absolute Gasteiger partial charge is 0.491 e. The first-order valence-corrected chi connectivity index (χ1v) is 8.38. The Morgan fingerprint density at radius 1 is 1.00 bits per heavy atom. The van der Waals surface area contributed by atoms with E-state index in [1.807, 2.05) is 55.5 Å². The minimum atomic E-state index is -0.00552. The van der Waals surface area contributed by atoms with Gasteiger partial charge in [0.15, 0.2) is 0 Å². The molecule has 1 N–H and O–H groups in total. The fraction of sp³-hybridized carbons (Fsp3) is 0.368. The van der Waals surface area contributed by atoms with E-state index in [2.05, 4.69) is 19.2 Å². The van der Waals surface area contributed by atoms with Crippen molar-refractivity contribution in [1.29, 1.82) is 0 Å². The van der Waals surface area contributed by atoms with Gasteiger partial charge in [0.05, 0.1) is 17.7 Å². The molecule has 2 rings (SSSR count). The number of hydrogen-bond donors (Lipinski definition) is 1. The molecule has 0 aromatic heterocycles. The Morgan fingerprint density at radius 2 is 1.78 bits per heavy atom. The topological polar surface area (TPSA) is 30.5 Å². The Balaban J connectivity index is 1.88. The Kier molecular flexibility index (Phi) is 6.60. The van der Waals surface area contributed by atoms with E-state index < -0.39 is 0 Å². The lowest BCUT2D eigenvalue weighted by atomic mass is 10.2. The van der Waals surface area contributed by atoms with Gasteiger partial charge >= 0.3 is 0 Å². The van der Waals surface area contributed by atoms with Crippen molar-refractivity contribution in [3.8, 4) is 11.5 Å². The minimum absolute atomic E-state index is 0.00552. The van der Waals surface area contributed by atoms with Crippen molar-refractivity contribution in [2.45, 2.75) is 39.4 Å². The first-order chi connectivity index (χ1) is 11.1. The number of ether oxygens (including phenoxy) is 2. The van der Waals surface area contributed by atoms with Crippen molar-refractivity contribution in [3.05, 3.63) is 53.6 Å². The van der Waals surface area contributed by atoms with Crippen LogP contribution in [0, 0.1) is 0 Å². The predicted molar refractivity (Wildman–Crippen MR) is 96.9 cm³/mol. The zero-order chi connectivity index (χ0) is 16.7. The maximum atomic E-state index is 6.11. The Bertz CT molecular complexity index is 618. The van der Waals surface area contributed by atoms with Crippen molar-refractivity contribution >= 4 is 17.3 Å². The lowest BCUT2D eigenvalue weighted by Crippen LogP contribution is -2.22. The van der Waals surface area contributed by atoms with Gasteiger partial charge in [-0.05, 0) is 44.5 Å². The van der Waals surface area contributed by atoms with E-state index >= 15 is 0 Å². The molecular weight excluding hydrogens is 310 g/mol. The molecule has 0 aliphatic rings. The number of nitrogens with one attached hydrogen (secondary N) is 1. The summed E-state index contributed by atoms with van der Waals surface area (Å²) in [7, 11) is 0. The molecule has 0 spiro atoms. The van der Waals surface area contributed by atoms with Gasteiger partial charge in [-0.1, -0.05) is 36.7 Å². The van der Waals surface area contributed by atoms with E-state index in [0.29, 0.717) is 17.3 Å². The third-order valence-electron chi connectivity index (χ3n) is 3.50. The Hall–Kier alpha value is -1.87. The molecule has 2 aromatic carbocycles. The molecule has 0 saturated heterocycles. The van der Waals surface area contributed by atoms with Crippen LogP contribution >= 0.6 is 11.6 Å². The number of rotatable bonds is 8. The molecule has 0 saturated carbocycles. The summed E-state index contributed by atoms with van der Waals surface area (Å²) in [6, 6.07) is 15.5. The van der Waals surface area contributed by atoms with Crippen LogP contribution in [0.5, 0.6) is 11.5 Å². The van der Waals surface area contributed by atoms with Gasteiger partial charge < -0.3 is 14.8 Å². The summed E-state index contributed by atoms with van der Waals surface area (Å²) in [6.07, 6.45) is 1.20. The molecule has 0 aliphatic heterocycles. The van der Waals surface area contributed by atoms with Crippen LogP contribution in [0.3, 0.4) is 0 Å². The van der Waals surface area contributed by atoms with E-state index in [4.69, 9.17) is 21.1 Å². The zero-order valence-corrected chi connectivity index (χ0v) is 14.6.